The third kappa shape index (κ3) is 4.89. The van der Waals surface area contributed by atoms with E-state index in [0.29, 0.717) is 18.4 Å². The number of nitrogens with zero attached hydrogens (tertiary/aromatic N) is 1. The standard InChI is InChI=1S/C15H23NO3/c1-5-6-11(4)9-19-14-8-12(15(17)18)7-13(16-14)10(2)3/h7-8,10-11H,5-6,9H2,1-4H3,(H,17,18). The molecule has 1 aromatic rings. The first-order valence-electron chi connectivity index (χ1n) is 6.82. The van der Waals surface area contributed by atoms with E-state index < -0.39 is 5.97 Å². The monoisotopic (exact) mass is 265 g/mol. The number of hydrogen-bond acceptors (Lipinski definition) is 3. The molecule has 1 atom stereocenters. The minimum atomic E-state index is -0.948. The molecule has 1 aromatic heterocycles. The van der Waals surface area contributed by atoms with Crippen molar-refractivity contribution in [2.24, 2.45) is 5.92 Å². The van der Waals surface area contributed by atoms with Crippen LogP contribution in [-0.2, 0) is 0 Å². The highest BCUT2D eigenvalue weighted by molar-refractivity contribution is 5.88. The van der Waals surface area contributed by atoms with Gasteiger partial charge in [0.1, 0.15) is 0 Å². The molecule has 0 aliphatic heterocycles. The van der Waals surface area contributed by atoms with E-state index in [1.165, 1.54) is 6.07 Å². The lowest BCUT2D eigenvalue weighted by molar-refractivity contribution is 0.0696. The van der Waals surface area contributed by atoms with Crippen LogP contribution in [0.4, 0.5) is 0 Å². The van der Waals surface area contributed by atoms with E-state index in [9.17, 15) is 4.79 Å². The van der Waals surface area contributed by atoms with E-state index >= 15 is 0 Å². The number of hydrogen-bond donors (Lipinski definition) is 1. The van der Waals surface area contributed by atoms with Gasteiger partial charge in [0.05, 0.1) is 12.2 Å². The summed E-state index contributed by atoms with van der Waals surface area (Å²) in [6.07, 6.45) is 2.21. The summed E-state index contributed by atoms with van der Waals surface area (Å²) in [5.41, 5.74) is 0.981. The average Bonchev–Trinajstić information content (AvgIpc) is 2.36. The molecule has 0 aliphatic rings. The van der Waals surface area contributed by atoms with Crippen LogP contribution in [0.2, 0.25) is 0 Å². The van der Waals surface area contributed by atoms with Crippen LogP contribution in [0.5, 0.6) is 5.88 Å². The van der Waals surface area contributed by atoms with Crippen LogP contribution >= 0.6 is 0 Å². The van der Waals surface area contributed by atoms with E-state index in [1.807, 2.05) is 13.8 Å². The van der Waals surface area contributed by atoms with Crippen molar-refractivity contribution in [3.05, 3.63) is 23.4 Å². The smallest absolute Gasteiger partial charge is 0.335 e. The Bertz CT molecular complexity index is 429. The second-order valence-electron chi connectivity index (χ2n) is 5.28. The van der Waals surface area contributed by atoms with Gasteiger partial charge >= 0.3 is 5.97 Å². The molecule has 1 unspecified atom stereocenters. The lowest BCUT2D eigenvalue weighted by Gasteiger charge is -2.13. The summed E-state index contributed by atoms with van der Waals surface area (Å²) in [4.78, 5) is 15.4. The second-order valence-corrected chi connectivity index (χ2v) is 5.28. The SMILES string of the molecule is CCCC(C)COc1cc(C(=O)O)cc(C(C)C)n1. The van der Waals surface area contributed by atoms with Crippen LogP contribution in [0.1, 0.15) is 62.5 Å². The zero-order chi connectivity index (χ0) is 14.4. The zero-order valence-electron chi connectivity index (χ0n) is 12.1. The van der Waals surface area contributed by atoms with E-state index in [-0.39, 0.29) is 11.5 Å². The van der Waals surface area contributed by atoms with Crippen molar-refractivity contribution in [3.8, 4) is 5.88 Å². The molecule has 1 N–H and O–H groups in total. The lowest BCUT2D eigenvalue weighted by atomic mass is 10.1. The maximum Gasteiger partial charge on any atom is 0.335 e. The van der Waals surface area contributed by atoms with Crippen molar-refractivity contribution in [3.63, 3.8) is 0 Å². The Morgan fingerprint density at radius 3 is 2.58 bits per heavy atom. The maximum absolute atomic E-state index is 11.1. The molecule has 0 aromatic carbocycles. The number of pyridine rings is 1. The largest absolute Gasteiger partial charge is 0.478 e. The number of aromatic carboxylic acids is 1. The molecular weight excluding hydrogens is 242 g/mol. The molecule has 0 saturated heterocycles. The molecule has 0 amide bonds. The number of carboxylic acid groups (broad SMARTS) is 1. The fraction of sp³-hybridized carbons (Fsp3) is 0.600. The maximum atomic E-state index is 11.1. The van der Waals surface area contributed by atoms with Crippen molar-refractivity contribution in [2.75, 3.05) is 6.61 Å². The van der Waals surface area contributed by atoms with Crippen molar-refractivity contribution in [1.29, 1.82) is 0 Å². The van der Waals surface area contributed by atoms with Crippen molar-refractivity contribution in [2.45, 2.75) is 46.5 Å². The summed E-state index contributed by atoms with van der Waals surface area (Å²) < 4.78 is 5.63. The molecule has 1 heterocycles. The van der Waals surface area contributed by atoms with Crippen molar-refractivity contribution in [1.82, 2.24) is 4.98 Å². The Kier molecular flexibility index (Phi) is 5.80. The van der Waals surface area contributed by atoms with Gasteiger partial charge in [-0.05, 0) is 24.3 Å². The average molecular weight is 265 g/mol. The molecule has 0 spiro atoms. The molecule has 4 nitrogen and oxygen atoms in total. The van der Waals surface area contributed by atoms with Gasteiger partial charge in [-0.1, -0.05) is 34.1 Å². The Labute approximate surface area is 114 Å². The lowest BCUT2D eigenvalue weighted by Crippen LogP contribution is -2.11. The highest BCUT2D eigenvalue weighted by Crippen LogP contribution is 2.20. The Balaban J connectivity index is 2.84. The first-order valence-corrected chi connectivity index (χ1v) is 6.82. The molecule has 19 heavy (non-hydrogen) atoms. The fourth-order valence-corrected chi connectivity index (χ4v) is 1.82. The number of carbonyl (C=O) groups is 1. The molecular formula is C15H23NO3. The summed E-state index contributed by atoms with van der Waals surface area (Å²) in [7, 11) is 0. The predicted molar refractivity (Wildman–Crippen MR) is 74.9 cm³/mol. The van der Waals surface area contributed by atoms with Crippen LogP contribution in [-0.4, -0.2) is 22.7 Å². The quantitative estimate of drug-likeness (QED) is 0.816. The molecule has 1 rings (SSSR count). The fourth-order valence-electron chi connectivity index (χ4n) is 1.82. The van der Waals surface area contributed by atoms with Gasteiger partial charge in [-0.25, -0.2) is 9.78 Å². The van der Waals surface area contributed by atoms with Crippen molar-refractivity contribution < 1.29 is 14.6 Å². The summed E-state index contributed by atoms with van der Waals surface area (Å²) in [5, 5.41) is 9.09. The molecule has 106 valence electrons. The summed E-state index contributed by atoms with van der Waals surface area (Å²) >= 11 is 0. The molecule has 0 radical (unpaired) electrons. The van der Waals surface area contributed by atoms with E-state index in [2.05, 4.69) is 18.8 Å². The molecule has 0 bridgehead atoms. The number of aromatic nitrogens is 1. The molecule has 0 fully saturated rings. The van der Waals surface area contributed by atoms with Crippen LogP contribution in [0.15, 0.2) is 12.1 Å². The van der Waals surface area contributed by atoms with Gasteiger partial charge in [-0.2, -0.15) is 0 Å². The van der Waals surface area contributed by atoms with Crippen molar-refractivity contribution >= 4 is 5.97 Å². The third-order valence-corrected chi connectivity index (χ3v) is 2.96. The second kappa shape index (κ2) is 7.12. The molecule has 0 aliphatic carbocycles. The Morgan fingerprint density at radius 2 is 2.05 bits per heavy atom. The molecule has 4 heteroatoms. The first kappa shape index (κ1) is 15.5. The Hall–Kier alpha value is -1.58. The number of carboxylic acids is 1. The minimum Gasteiger partial charge on any atom is -0.478 e. The highest BCUT2D eigenvalue weighted by atomic mass is 16.5. The highest BCUT2D eigenvalue weighted by Gasteiger charge is 2.12. The summed E-state index contributed by atoms with van der Waals surface area (Å²) in [6.45, 7) is 8.79. The van der Waals surface area contributed by atoms with Crippen LogP contribution in [0.25, 0.3) is 0 Å². The minimum absolute atomic E-state index is 0.176. The summed E-state index contributed by atoms with van der Waals surface area (Å²) in [6, 6.07) is 3.10. The van der Waals surface area contributed by atoms with E-state index in [4.69, 9.17) is 9.84 Å². The topological polar surface area (TPSA) is 59.4 Å². The number of ether oxygens (including phenoxy) is 1. The zero-order valence-corrected chi connectivity index (χ0v) is 12.1. The van der Waals surface area contributed by atoms with Gasteiger partial charge in [-0.15, -0.1) is 0 Å². The number of rotatable bonds is 7. The first-order chi connectivity index (χ1) is 8.93. The van der Waals surface area contributed by atoms with Gasteiger partial charge in [0.2, 0.25) is 5.88 Å². The van der Waals surface area contributed by atoms with E-state index in [1.54, 1.807) is 6.07 Å². The molecule has 0 saturated carbocycles. The van der Waals surface area contributed by atoms with Gasteiger partial charge in [0.15, 0.2) is 0 Å². The van der Waals surface area contributed by atoms with Gasteiger partial charge in [0, 0.05) is 11.8 Å². The van der Waals surface area contributed by atoms with E-state index in [0.717, 1.165) is 18.5 Å². The van der Waals surface area contributed by atoms with Gasteiger partial charge in [0.25, 0.3) is 0 Å². The van der Waals surface area contributed by atoms with Gasteiger partial charge < -0.3 is 9.84 Å². The normalized spacial score (nSPS) is 12.5. The van der Waals surface area contributed by atoms with Gasteiger partial charge in [-0.3, -0.25) is 0 Å². The van der Waals surface area contributed by atoms with Crippen LogP contribution in [0.3, 0.4) is 0 Å². The van der Waals surface area contributed by atoms with Crippen LogP contribution < -0.4 is 4.74 Å². The predicted octanol–water partition coefficient (Wildman–Crippen LogP) is 3.72. The third-order valence-electron chi connectivity index (χ3n) is 2.96. The van der Waals surface area contributed by atoms with Crippen LogP contribution in [0, 0.1) is 5.92 Å². The Morgan fingerprint density at radius 1 is 1.37 bits per heavy atom. The summed E-state index contributed by atoms with van der Waals surface area (Å²) in [5.74, 6) is 0.0832.